The van der Waals surface area contributed by atoms with Gasteiger partial charge in [-0.1, -0.05) is 43.6 Å². The quantitative estimate of drug-likeness (QED) is 0.761. The molecule has 0 bridgehead atoms. The van der Waals surface area contributed by atoms with Crippen LogP contribution in [0.5, 0.6) is 0 Å². The van der Waals surface area contributed by atoms with Crippen LogP contribution in [0.25, 0.3) is 0 Å². The van der Waals surface area contributed by atoms with Crippen LogP contribution < -0.4 is 4.84 Å². The topological polar surface area (TPSA) is 12.0 Å². The van der Waals surface area contributed by atoms with Crippen LogP contribution in [0.4, 0.5) is 0 Å². The minimum absolute atomic E-state index is 0.107. The van der Waals surface area contributed by atoms with E-state index >= 15 is 0 Å². The van der Waals surface area contributed by atoms with Gasteiger partial charge in [-0.15, -0.1) is 0 Å². The first kappa shape index (κ1) is 10.8. The van der Waals surface area contributed by atoms with Crippen LogP contribution in [0.1, 0.15) is 25.5 Å². The predicted octanol–water partition coefficient (Wildman–Crippen LogP) is 3.78. The van der Waals surface area contributed by atoms with Gasteiger partial charge in [-0.3, -0.25) is 0 Å². The van der Waals surface area contributed by atoms with Gasteiger partial charge >= 0.3 is 0 Å². The Morgan fingerprint density at radius 3 is 2.31 bits per heavy atom. The fraction of sp³-hybridized carbons (Fsp3) is 0.400. The Balaban J connectivity index is 2.97. The Morgan fingerprint density at radius 1 is 1.23 bits per heavy atom. The molecule has 1 atom stereocenters. The number of benzene rings is 1. The second-order valence-electron chi connectivity index (χ2n) is 3.35. The molecule has 0 saturated heterocycles. The molecule has 0 aliphatic carbocycles. The lowest BCUT2D eigenvalue weighted by atomic mass is 9.97. The van der Waals surface area contributed by atoms with Gasteiger partial charge in [0, 0.05) is 5.02 Å². The van der Waals surface area contributed by atoms with E-state index in [-0.39, 0.29) is 6.04 Å². The van der Waals surface area contributed by atoms with E-state index < -0.39 is 0 Å². The lowest BCUT2D eigenvalue weighted by Gasteiger charge is -2.19. The van der Waals surface area contributed by atoms with Crippen LogP contribution in [0.3, 0.4) is 0 Å². The van der Waals surface area contributed by atoms with E-state index in [1.807, 2.05) is 24.3 Å². The highest BCUT2D eigenvalue weighted by atomic mass is 35.5. The molecule has 0 amide bonds. The molecule has 13 heavy (non-hydrogen) atoms. The second kappa shape index (κ2) is 4.85. The van der Waals surface area contributed by atoms with Crippen molar-refractivity contribution in [1.29, 1.82) is 0 Å². The molecule has 3 heteroatoms. The third kappa shape index (κ3) is 2.60. The Morgan fingerprint density at radius 2 is 1.85 bits per heavy atom. The third-order valence-electron chi connectivity index (χ3n) is 2.02. The first-order chi connectivity index (χ1) is 6.16. The van der Waals surface area contributed by atoms with Crippen LogP contribution in [-0.2, 0) is 0 Å². The maximum absolute atomic E-state index is 6.04. The van der Waals surface area contributed by atoms with Gasteiger partial charge in [0.2, 0.25) is 0 Å². The van der Waals surface area contributed by atoms with Gasteiger partial charge in [-0.2, -0.15) is 0 Å². The molecule has 1 aromatic carbocycles. The van der Waals surface area contributed by atoms with E-state index in [0.29, 0.717) is 5.92 Å². The van der Waals surface area contributed by atoms with Crippen molar-refractivity contribution < 1.29 is 0 Å². The molecule has 1 N–H and O–H groups in total. The lowest BCUT2D eigenvalue weighted by molar-refractivity contribution is 0.482. The Kier molecular flexibility index (Phi) is 4.04. The van der Waals surface area contributed by atoms with Crippen molar-refractivity contribution >= 4 is 23.4 Å². The smallest absolute Gasteiger partial charge is 0.0508 e. The molecule has 0 fully saturated rings. The van der Waals surface area contributed by atoms with Gasteiger partial charge < -0.3 is 0 Å². The predicted molar refractivity (Wildman–Crippen MR) is 58.0 cm³/mol. The molecular formula is C10H13Cl2N. The Hall–Kier alpha value is -0.240. The molecule has 0 unspecified atom stereocenters. The third-order valence-corrected chi connectivity index (χ3v) is 2.60. The largest absolute Gasteiger partial charge is 0.226 e. The summed E-state index contributed by atoms with van der Waals surface area (Å²) in [7, 11) is 0. The summed E-state index contributed by atoms with van der Waals surface area (Å²) in [5.74, 6) is 0.414. The number of halogens is 2. The Labute approximate surface area is 89.2 Å². The first-order valence-electron chi connectivity index (χ1n) is 4.27. The zero-order chi connectivity index (χ0) is 9.84. The normalized spacial score (nSPS) is 13.3. The molecule has 0 heterocycles. The second-order valence-corrected chi connectivity index (χ2v) is 3.98. The van der Waals surface area contributed by atoms with Crippen LogP contribution in [-0.4, -0.2) is 0 Å². The number of hydrogen-bond donors (Lipinski definition) is 1. The summed E-state index contributed by atoms with van der Waals surface area (Å²) in [6, 6.07) is 7.85. The number of rotatable bonds is 3. The summed E-state index contributed by atoms with van der Waals surface area (Å²) in [5.41, 5.74) is 1.05. The monoisotopic (exact) mass is 217 g/mol. The van der Waals surface area contributed by atoms with E-state index in [4.69, 9.17) is 23.4 Å². The van der Waals surface area contributed by atoms with Crippen molar-refractivity contribution in [2.45, 2.75) is 19.9 Å². The number of hydrogen-bond acceptors (Lipinski definition) is 1. The molecule has 0 radical (unpaired) electrons. The van der Waals surface area contributed by atoms with Crippen molar-refractivity contribution in [3.63, 3.8) is 0 Å². The molecule has 1 aromatic rings. The molecule has 0 saturated carbocycles. The van der Waals surface area contributed by atoms with Crippen molar-refractivity contribution in [2.24, 2.45) is 5.92 Å². The van der Waals surface area contributed by atoms with Gasteiger partial charge in [-0.25, -0.2) is 4.84 Å². The molecule has 1 rings (SSSR count). The van der Waals surface area contributed by atoms with Gasteiger partial charge in [0.15, 0.2) is 0 Å². The molecule has 0 aliphatic rings. The fourth-order valence-electron chi connectivity index (χ4n) is 1.27. The molecule has 0 aliphatic heterocycles. The van der Waals surface area contributed by atoms with Gasteiger partial charge in [0.05, 0.1) is 6.04 Å². The zero-order valence-electron chi connectivity index (χ0n) is 7.72. The van der Waals surface area contributed by atoms with Gasteiger partial charge in [-0.05, 0) is 29.3 Å². The van der Waals surface area contributed by atoms with Gasteiger partial charge in [0.1, 0.15) is 0 Å². The van der Waals surface area contributed by atoms with Crippen LogP contribution in [0, 0.1) is 5.92 Å². The van der Waals surface area contributed by atoms with E-state index in [9.17, 15) is 0 Å². The lowest BCUT2D eigenvalue weighted by Crippen LogP contribution is -2.17. The highest BCUT2D eigenvalue weighted by Gasteiger charge is 2.16. The number of nitrogens with one attached hydrogen (secondary N) is 1. The molecule has 0 aromatic heterocycles. The highest BCUT2D eigenvalue weighted by Crippen LogP contribution is 2.28. The Bertz CT molecular complexity index is 273. The molecular weight excluding hydrogens is 205 g/mol. The van der Waals surface area contributed by atoms with Crippen LogP contribution in [0.2, 0.25) is 5.02 Å². The van der Waals surface area contributed by atoms with Crippen molar-refractivity contribution in [3.05, 3.63) is 34.9 Å². The van der Waals surface area contributed by atoms with Crippen molar-refractivity contribution in [3.8, 4) is 0 Å². The summed E-state index contributed by atoms with van der Waals surface area (Å²) in [4.78, 5) is 2.75. The molecule has 72 valence electrons. The van der Waals surface area contributed by atoms with E-state index in [1.165, 1.54) is 0 Å². The maximum Gasteiger partial charge on any atom is 0.0508 e. The summed E-state index contributed by atoms with van der Waals surface area (Å²) < 4.78 is 0. The molecule has 1 nitrogen and oxygen atoms in total. The van der Waals surface area contributed by atoms with E-state index in [2.05, 4.69) is 18.7 Å². The first-order valence-corrected chi connectivity index (χ1v) is 5.03. The average molecular weight is 218 g/mol. The summed E-state index contributed by atoms with van der Waals surface area (Å²) in [6.45, 7) is 4.20. The van der Waals surface area contributed by atoms with Crippen molar-refractivity contribution in [2.75, 3.05) is 0 Å². The van der Waals surface area contributed by atoms with E-state index in [0.717, 1.165) is 10.6 Å². The standard InChI is InChI=1S/C10H13Cl2N/c1-7(2)10(13-12)8-5-3-4-6-9(8)11/h3-7,10,13H,1-2H3/t10-/m0/s1. The SMILES string of the molecule is CC(C)[C@H](NCl)c1ccccc1Cl. The average Bonchev–Trinajstić information content (AvgIpc) is 2.09. The van der Waals surface area contributed by atoms with Crippen LogP contribution in [0.15, 0.2) is 24.3 Å². The van der Waals surface area contributed by atoms with Crippen molar-refractivity contribution in [1.82, 2.24) is 4.84 Å². The molecule has 0 spiro atoms. The summed E-state index contributed by atoms with van der Waals surface area (Å²) in [6.07, 6.45) is 0. The van der Waals surface area contributed by atoms with E-state index in [1.54, 1.807) is 0 Å². The fourth-order valence-corrected chi connectivity index (χ4v) is 1.89. The summed E-state index contributed by atoms with van der Waals surface area (Å²) in [5, 5.41) is 0.759. The maximum atomic E-state index is 6.04. The van der Waals surface area contributed by atoms with Gasteiger partial charge in [0.25, 0.3) is 0 Å². The summed E-state index contributed by atoms with van der Waals surface area (Å²) >= 11 is 11.7. The minimum atomic E-state index is 0.107. The minimum Gasteiger partial charge on any atom is -0.226 e. The zero-order valence-corrected chi connectivity index (χ0v) is 9.23. The van der Waals surface area contributed by atoms with Crippen LogP contribution >= 0.6 is 23.4 Å². The highest BCUT2D eigenvalue weighted by molar-refractivity contribution is 6.31.